The molecule has 0 spiro atoms. The summed E-state index contributed by atoms with van der Waals surface area (Å²) < 4.78 is 7.33. The lowest BCUT2D eigenvalue weighted by atomic mass is 10.1. The van der Waals surface area contributed by atoms with Gasteiger partial charge in [-0.15, -0.1) is 0 Å². The number of ether oxygens (including phenoxy) is 1. The first-order chi connectivity index (χ1) is 12.7. The monoisotopic (exact) mass is 347 g/mol. The molecule has 2 aromatic carbocycles. The number of carbonyl (C=O) groups is 1. The lowest BCUT2D eigenvalue weighted by molar-refractivity contribution is -0.122. The van der Waals surface area contributed by atoms with Gasteiger partial charge in [-0.1, -0.05) is 18.2 Å². The van der Waals surface area contributed by atoms with Crippen molar-refractivity contribution in [1.29, 1.82) is 5.26 Å². The van der Waals surface area contributed by atoms with Crippen molar-refractivity contribution in [1.82, 2.24) is 14.8 Å². The van der Waals surface area contributed by atoms with Crippen molar-refractivity contribution in [2.75, 3.05) is 5.32 Å². The minimum atomic E-state index is -0.692. The molecule has 0 bridgehead atoms. The number of nitrogens with one attached hydrogen (secondary N) is 1. The minimum absolute atomic E-state index is 0.264. The molecule has 1 atom stereocenters. The van der Waals surface area contributed by atoms with Crippen molar-refractivity contribution < 1.29 is 9.53 Å². The lowest BCUT2D eigenvalue weighted by Gasteiger charge is -2.16. The van der Waals surface area contributed by atoms with E-state index < -0.39 is 6.10 Å². The third-order valence-corrected chi connectivity index (χ3v) is 3.74. The van der Waals surface area contributed by atoms with Crippen molar-refractivity contribution in [3.8, 4) is 11.8 Å². The molecule has 130 valence electrons. The molecule has 1 heterocycles. The highest BCUT2D eigenvalue weighted by molar-refractivity contribution is 5.94. The van der Waals surface area contributed by atoms with E-state index in [1.165, 1.54) is 6.33 Å². The Morgan fingerprint density at radius 2 is 2.04 bits per heavy atom. The first-order valence-corrected chi connectivity index (χ1v) is 8.03. The summed E-state index contributed by atoms with van der Waals surface area (Å²) in [4.78, 5) is 16.4. The van der Waals surface area contributed by atoms with Gasteiger partial charge in [0.15, 0.2) is 6.10 Å². The van der Waals surface area contributed by atoms with Gasteiger partial charge in [0.1, 0.15) is 18.4 Å². The summed E-state index contributed by atoms with van der Waals surface area (Å²) in [6.45, 7) is 2.18. The second kappa shape index (κ2) is 7.94. The number of anilines is 1. The van der Waals surface area contributed by atoms with Gasteiger partial charge in [0.2, 0.25) is 0 Å². The fourth-order valence-electron chi connectivity index (χ4n) is 2.37. The van der Waals surface area contributed by atoms with Gasteiger partial charge in [-0.25, -0.2) is 9.67 Å². The van der Waals surface area contributed by atoms with Crippen molar-refractivity contribution >= 4 is 11.6 Å². The number of hydrogen-bond donors (Lipinski definition) is 1. The summed E-state index contributed by atoms with van der Waals surface area (Å²) in [5, 5.41) is 15.8. The highest BCUT2D eigenvalue weighted by Gasteiger charge is 2.16. The molecule has 0 aliphatic heterocycles. The second-order valence-electron chi connectivity index (χ2n) is 5.64. The van der Waals surface area contributed by atoms with E-state index in [2.05, 4.69) is 15.4 Å². The predicted molar refractivity (Wildman–Crippen MR) is 95.4 cm³/mol. The number of amides is 1. The summed E-state index contributed by atoms with van der Waals surface area (Å²) in [6.07, 6.45) is 2.39. The van der Waals surface area contributed by atoms with Crippen LogP contribution < -0.4 is 10.1 Å². The molecule has 3 rings (SSSR count). The van der Waals surface area contributed by atoms with E-state index in [1.54, 1.807) is 42.2 Å². The zero-order valence-electron chi connectivity index (χ0n) is 14.2. The molecule has 0 saturated carbocycles. The molecule has 0 fully saturated rings. The van der Waals surface area contributed by atoms with Crippen LogP contribution in [0.1, 0.15) is 18.1 Å². The fraction of sp³-hybridized carbons (Fsp3) is 0.158. The van der Waals surface area contributed by atoms with Crippen molar-refractivity contribution in [2.45, 2.75) is 19.6 Å². The molecular formula is C19H17N5O2. The topological polar surface area (TPSA) is 92.8 Å². The molecule has 0 radical (unpaired) electrons. The van der Waals surface area contributed by atoms with Crippen LogP contribution in [-0.4, -0.2) is 26.8 Å². The Morgan fingerprint density at radius 3 is 2.73 bits per heavy atom. The Bertz CT molecular complexity index is 914. The van der Waals surface area contributed by atoms with Crippen LogP contribution in [0, 0.1) is 11.3 Å². The molecular weight excluding hydrogens is 330 g/mol. The van der Waals surface area contributed by atoms with E-state index >= 15 is 0 Å². The maximum atomic E-state index is 12.5. The van der Waals surface area contributed by atoms with Gasteiger partial charge in [0, 0.05) is 5.69 Å². The summed E-state index contributed by atoms with van der Waals surface area (Å²) in [6, 6.07) is 16.2. The average Bonchev–Trinajstić information content (AvgIpc) is 3.17. The molecule has 1 N–H and O–H groups in total. The van der Waals surface area contributed by atoms with Crippen molar-refractivity contribution in [2.24, 2.45) is 0 Å². The van der Waals surface area contributed by atoms with E-state index in [0.29, 0.717) is 23.5 Å². The van der Waals surface area contributed by atoms with Gasteiger partial charge in [0.05, 0.1) is 18.2 Å². The Balaban J connectivity index is 1.66. The van der Waals surface area contributed by atoms with Gasteiger partial charge in [0.25, 0.3) is 5.91 Å². The number of aromatic nitrogens is 3. The normalized spacial score (nSPS) is 11.4. The molecule has 0 aliphatic rings. The van der Waals surface area contributed by atoms with Crippen LogP contribution in [0.2, 0.25) is 0 Å². The second-order valence-corrected chi connectivity index (χ2v) is 5.64. The van der Waals surface area contributed by atoms with Gasteiger partial charge < -0.3 is 10.1 Å². The highest BCUT2D eigenvalue weighted by atomic mass is 16.5. The van der Waals surface area contributed by atoms with E-state index in [1.807, 2.05) is 30.3 Å². The summed E-state index contributed by atoms with van der Waals surface area (Å²) >= 11 is 0. The molecule has 1 amide bonds. The average molecular weight is 347 g/mol. The number of para-hydroxylation sites is 1. The Labute approximate surface area is 150 Å². The molecule has 3 aromatic rings. The van der Waals surface area contributed by atoms with Gasteiger partial charge in [-0.2, -0.15) is 10.4 Å². The standard InChI is InChI=1S/C19H17N5O2/c1-14(26-17-8-6-15(10-20)7-9-17)19(25)23-18-5-3-2-4-16(18)11-24-13-21-12-22-24/h2-9,12-14H,11H2,1H3,(H,23,25)/t14-/m0/s1. The zero-order valence-corrected chi connectivity index (χ0v) is 14.2. The Kier molecular flexibility index (Phi) is 5.25. The third-order valence-electron chi connectivity index (χ3n) is 3.74. The number of hydrogen-bond acceptors (Lipinski definition) is 5. The first-order valence-electron chi connectivity index (χ1n) is 8.03. The summed E-state index contributed by atoms with van der Waals surface area (Å²) in [5.74, 6) is 0.267. The van der Waals surface area contributed by atoms with Gasteiger partial charge in [-0.05, 0) is 42.8 Å². The van der Waals surface area contributed by atoms with Gasteiger partial charge in [-0.3, -0.25) is 4.79 Å². The van der Waals surface area contributed by atoms with Crippen LogP contribution in [0.4, 0.5) is 5.69 Å². The maximum Gasteiger partial charge on any atom is 0.265 e. The van der Waals surface area contributed by atoms with Crippen LogP contribution in [0.5, 0.6) is 5.75 Å². The quantitative estimate of drug-likeness (QED) is 0.740. The van der Waals surface area contributed by atoms with Crippen molar-refractivity contribution in [3.05, 3.63) is 72.3 Å². The largest absolute Gasteiger partial charge is 0.481 e. The molecule has 1 aromatic heterocycles. The van der Waals surface area contributed by atoms with E-state index in [4.69, 9.17) is 10.00 Å². The van der Waals surface area contributed by atoms with Crippen LogP contribution in [0.25, 0.3) is 0 Å². The number of nitrogens with zero attached hydrogens (tertiary/aromatic N) is 4. The third kappa shape index (κ3) is 4.24. The van der Waals surface area contributed by atoms with Crippen LogP contribution in [0.15, 0.2) is 61.2 Å². The number of nitriles is 1. The van der Waals surface area contributed by atoms with Crippen LogP contribution in [-0.2, 0) is 11.3 Å². The van der Waals surface area contributed by atoms with E-state index in [-0.39, 0.29) is 5.91 Å². The smallest absolute Gasteiger partial charge is 0.265 e. The number of carbonyl (C=O) groups excluding carboxylic acids is 1. The number of benzene rings is 2. The SMILES string of the molecule is C[C@H](Oc1ccc(C#N)cc1)C(=O)Nc1ccccc1Cn1cncn1. The molecule has 0 unspecified atom stereocenters. The molecule has 0 saturated heterocycles. The maximum absolute atomic E-state index is 12.5. The lowest BCUT2D eigenvalue weighted by Crippen LogP contribution is -2.30. The minimum Gasteiger partial charge on any atom is -0.481 e. The van der Waals surface area contributed by atoms with Crippen LogP contribution in [0.3, 0.4) is 0 Å². The van der Waals surface area contributed by atoms with Crippen molar-refractivity contribution in [3.63, 3.8) is 0 Å². The zero-order chi connectivity index (χ0) is 18.4. The predicted octanol–water partition coefficient (Wildman–Crippen LogP) is 2.60. The number of rotatable bonds is 6. The molecule has 26 heavy (non-hydrogen) atoms. The summed E-state index contributed by atoms with van der Waals surface area (Å²) in [5.41, 5.74) is 2.15. The van der Waals surface area contributed by atoms with Crippen LogP contribution >= 0.6 is 0 Å². The fourth-order valence-corrected chi connectivity index (χ4v) is 2.37. The Hall–Kier alpha value is -3.66. The van der Waals surface area contributed by atoms with Gasteiger partial charge >= 0.3 is 0 Å². The Morgan fingerprint density at radius 1 is 1.27 bits per heavy atom. The summed E-state index contributed by atoms with van der Waals surface area (Å²) in [7, 11) is 0. The first kappa shape index (κ1) is 17.2. The molecule has 7 heteroatoms. The van der Waals surface area contributed by atoms with E-state index in [0.717, 1.165) is 5.56 Å². The highest BCUT2D eigenvalue weighted by Crippen LogP contribution is 2.18. The molecule has 0 aliphatic carbocycles. The molecule has 7 nitrogen and oxygen atoms in total. The van der Waals surface area contributed by atoms with E-state index in [9.17, 15) is 4.79 Å².